The zero-order valence-corrected chi connectivity index (χ0v) is 9.50. The molecule has 1 aliphatic rings. The molecular weight excluding hydrogens is 208 g/mol. The number of nitrogens with two attached hydrogens (primary N) is 1. The highest BCUT2D eigenvalue weighted by atomic mass is 35.5. The minimum atomic E-state index is 0.522. The van der Waals surface area contributed by atoms with E-state index in [-0.39, 0.29) is 0 Å². The van der Waals surface area contributed by atoms with Crippen LogP contribution in [0.25, 0.3) is 0 Å². The number of halogens is 1. The molecule has 1 fully saturated rings. The van der Waals surface area contributed by atoms with E-state index in [9.17, 15) is 0 Å². The lowest BCUT2D eigenvalue weighted by atomic mass is 10.0. The number of hydrogen-bond acceptors (Lipinski definition) is 2. The second-order valence-electron chi connectivity index (χ2n) is 4.19. The second-order valence-corrected chi connectivity index (χ2v) is 4.62. The maximum Gasteiger partial charge on any atom is 0.0426 e. The molecule has 2 rings (SSSR count). The van der Waals surface area contributed by atoms with E-state index in [0.717, 1.165) is 17.3 Å². The van der Waals surface area contributed by atoms with Crippen molar-refractivity contribution in [3.8, 4) is 0 Å². The third kappa shape index (κ3) is 2.64. The van der Waals surface area contributed by atoms with E-state index >= 15 is 0 Å². The van der Waals surface area contributed by atoms with Crippen LogP contribution in [0.1, 0.15) is 19.3 Å². The Labute approximate surface area is 95.8 Å². The van der Waals surface area contributed by atoms with Crippen LogP contribution in [-0.2, 0) is 0 Å². The number of benzene rings is 1. The fourth-order valence-corrected chi connectivity index (χ4v) is 2.49. The van der Waals surface area contributed by atoms with E-state index in [4.69, 9.17) is 17.3 Å². The van der Waals surface area contributed by atoms with E-state index in [1.54, 1.807) is 0 Å². The molecular formula is C12H17ClN2. The Bertz CT molecular complexity index is 327. The Morgan fingerprint density at radius 3 is 3.00 bits per heavy atom. The van der Waals surface area contributed by atoms with Crippen molar-refractivity contribution in [2.75, 3.05) is 11.9 Å². The van der Waals surface area contributed by atoms with Gasteiger partial charge in [0.1, 0.15) is 0 Å². The predicted octanol–water partition coefficient (Wildman–Crippen LogP) is 2.88. The summed E-state index contributed by atoms with van der Waals surface area (Å²) in [7, 11) is 0. The van der Waals surface area contributed by atoms with Crippen LogP contribution >= 0.6 is 11.6 Å². The van der Waals surface area contributed by atoms with Gasteiger partial charge in [-0.3, -0.25) is 0 Å². The average Bonchev–Trinajstić information content (AvgIpc) is 2.65. The van der Waals surface area contributed by atoms with Crippen LogP contribution in [0.5, 0.6) is 0 Å². The second kappa shape index (κ2) is 4.86. The highest BCUT2D eigenvalue weighted by molar-refractivity contribution is 6.30. The molecule has 0 saturated heterocycles. The Morgan fingerprint density at radius 1 is 1.40 bits per heavy atom. The molecule has 82 valence electrons. The van der Waals surface area contributed by atoms with Crippen molar-refractivity contribution in [2.24, 2.45) is 11.7 Å². The van der Waals surface area contributed by atoms with Crippen LogP contribution in [-0.4, -0.2) is 12.6 Å². The van der Waals surface area contributed by atoms with Crippen molar-refractivity contribution < 1.29 is 0 Å². The molecule has 1 saturated carbocycles. The average molecular weight is 225 g/mol. The van der Waals surface area contributed by atoms with Crippen LogP contribution in [0.15, 0.2) is 24.3 Å². The van der Waals surface area contributed by atoms with Gasteiger partial charge in [0.15, 0.2) is 0 Å². The Morgan fingerprint density at radius 2 is 2.27 bits per heavy atom. The van der Waals surface area contributed by atoms with Crippen molar-refractivity contribution in [2.45, 2.75) is 25.3 Å². The fraction of sp³-hybridized carbons (Fsp3) is 0.500. The maximum absolute atomic E-state index is 5.94. The van der Waals surface area contributed by atoms with Gasteiger partial charge in [-0.25, -0.2) is 0 Å². The zero-order chi connectivity index (χ0) is 10.7. The van der Waals surface area contributed by atoms with Gasteiger partial charge in [0.05, 0.1) is 0 Å². The summed E-state index contributed by atoms with van der Waals surface area (Å²) in [4.78, 5) is 0. The molecule has 0 bridgehead atoms. The molecule has 3 N–H and O–H groups in total. The lowest BCUT2D eigenvalue weighted by Crippen LogP contribution is -2.29. The van der Waals surface area contributed by atoms with Gasteiger partial charge >= 0.3 is 0 Å². The van der Waals surface area contributed by atoms with Gasteiger partial charge in [-0.1, -0.05) is 24.1 Å². The lowest BCUT2D eigenvalue weighted by molar-refractivity contribution is 0.516. The Balaban J connectivity index is 2.02. The molecule has 0 heterocycles. The van der Waals surface area contributed by atoms with Crippen LogP contribution in [0.2, 0.25) is 5.02 Å². The summed E-state index contributed by atoms with van der Waals surface area (Å²) in [6.45, 7) is 0.776. The van der Waals surface area contributed by atoms with Crippen molar-refractivity contribution in [3.63, 3.8) is 0 Å². The molecule has 15 heavy (non-hydrogen) atoms. The normalized spacial score (nSPS) is 25.5. The standard InChI is InChI=1S/C12H17ClN2/c13-10-4-2-5-11(7-10)15-12-6-1-3-9(12)8-14/h2,4-5,7,9,12,15H,1,3,6,8,14H2. The topological polar surface area (TPSA) is 38.0 Å². The molecule has 2 nitrogen and oxygen atoms in total. The number of rotatable bonds is 3. The molecule has 0 amide bonds. The molecule has 1 aromatic carbocycles. The summed E-state index contributed by atoms with van der Waals surface area (Å²) in [6.07, 6.45) is 3.74. The van der Waals surface area contributed by atoms with Crippen molar-refractivity contribution in [1.82, 2.24) is 0 Å². The first-order valence-electron chi connectivity index (χ1n) is 5.52. The van der Waals surface area contributed by atoms with Crippen molar-refractivity contribution in [3.05, 3.63) is 29.3 Å². The van der Waals surface area contributed by atoms with E-state index in [1.807, 2.05) is 18.2 Å². The summed E-state index contributed by atoms with van der Waals surface area (Å²) in [5.41, 5.74) is 6.85. The van der Waals surface area contributed by atoms with Crippen LogP contribution in [0.3, 0.4) is 0 Å². The first-order chi connectivity index (χ1) is 7.29. The van der Waals surface area contributed by atoms with Crippen LogP contribution in [0.4, 0.5) is 5.69 Å². The quantitative estimate of drug-likeness (QED) is 0.829. The van der Waals surface area contributed by atoms with E-state index in [1.165, 1.54) is 19.3 Å². The fourth-order valence-electron chi connectivity index (χ4n) is 2.30. The first-order valence-corrected chi connectivity index (χ1v) is 5.89. The molecule has 2 unspecified atom stereocenters. The molecule has 3 heteroatoms. The highest BCUT2D eigenvalue weighted by Gasteiger charge is 2.25. The molecule has 0 aromatic heterocycles. The largest absolute Gasteiger partial charge is 0.382 e. The molecule has 1 aromatic rings. The van der Waals surface area contributed by atoms with E-state index in [2.05, 4.69) is 11.4 Å². The maximum atomic E-state index is 5.94. The Kier molecular flexibility index (Phi) is 3.49. The van der Waals surface area contributed by atoms with Gasteiger partial charge in [0.2, 0.25) is 0 Å². The number of nitrogens with one attached hydrogen (secondary N) is 1. The molecule has 1 aliphatic carbocycles. The van der Waals surface area contributed by atoms with Gasteiger partial charge in [0.25, 0.3) is 0 Å². The summed E-state index contributed by atoms with van der Waals surface area (Å²) < 4.78 is 0. The Hall–Kier alpha value is -0.730. The van der Waals surface area contributed by atoms with Gasteiger partial charge in [0, 0.05) is 16.8 Å². The molecule has 0 radical (unpaired) electrons. The summed E-state index contributed by atoms with van der Waals surface area (Å²) >= 11 is 5.94. The molecule has 2 atom stereocenters. The molecule has 0 aliphatic heterocycles. The van der Waals surface area contributed by atoms with Gasteiger partial charge in [-0.2, -0.15) is 0 Å². The third-order valence-corrected chi connectivity index (χ3v) is 3.37. The predicted molar refractivity (Wildman–Crippen MR) is 65.3 cm³/mol. The van der Waals surface area contributed by atoms with Gasteiger partial charge < -0.3 is 11.1 Å². The minimum Gasteiger partial charge on any atom is -0.382 e. The summed E-state index contributed by atoms with van der Waals surface area (Å²) in [5.74, 6) is 0.615. The van der Waals surface area contributed by atoms with E-state index < -0.39 is 0 Å². The lowest BCUT2D eigenvalue weighted by Gasteiger charge is -2.20. The number of hydrogen-bond donors (Lipinski definition) is 2. The monoisotopic (exact) mass is 224 g/mol. The number of anilines is 1. The van der Waals surface area contributed by atoms with Crippen molar-refractivity contribution in [1.29, 1.82) is 0 Å². The van der Waals surface area contributed by atoms with Crippen molar-refractivity contribution >= 4 is 17.3 Å². The van der Waals surface area contributed by atoms with Crippen LogP contribution < -0.4 is 11.1 Å². The van der Waals surface area contributed by atoms with Gasteiger partial charge in [-0.15, -0.1) is 0 Å². The SMILES string of the molecule is NCC1CCCC1Nc1cccc(Cl)c1. The third-order valence-electron chi connectivity index (χ3n) is 3.14. The smallest absolute Gasteiger partial charge is 0.0426 e. The summed E-state index contributed by atoms with van der Waals surface area (Å²) in [5, 5.41) is 4.30. The molecule has 0 spiro atoms. The summed E-state index contributed by atoms with van der Waals surface area (Å²) in [6, 6.07) is 8.40. The van der Waals surface area contributed by atoms with Crippen LogP contribution in [0, 0.1) is 5.92 Å². The zero-order valence-electron chi connectivity index (χ0n) is 8.75. The van der Waals surface area contributed by atoms with E-state index in [0.29, 0.717) is 12.0 Å². The highest BCUT2D eigenvalue weighted by Crippen LogP contribution is 2.28. The minimum absolute atomic E-state index is 0.522. The van der Waals surface area contributed by atoms with Gasteiger partial charge in [-0.05, 0) is 43.5 Å². The first kappa shape index (κ1) is 10.8.